The Kier molecular flexibility index (Phi) is 5.35. The van der Waals surface area contributed by atoms with E-state index >= 15 is 0 Å². The molecule has 20 heavy (non-hydrogen) atoms. The first-order valence-electron chi connectivity index (χ1n) is 6.93. The minimum atomic E-state index is -0.220. The van der Waals surface area contributed by atoms with Crippen molar-refractivity contribution >= 4 is 29.3 Å². The molecule has 1 aliphatic carbocycles. The van der Waals surface area contributed by atoms with Crippen LogP contribution in [0.15, 0.2) is 29.2 Å². The number of benzene rings is 1. The summed E-state index contributed by atoms with van der Waals surface area (Å²) in [6, 6.07) is 7.67. The number of carbonyl (C=O) groups is 1. The van der Waals surface area contributed by atoms with Crippen LogP contribution < -0.4 is 11.1 Å². The lowest BCUT2D eigenvalue weighted by Crippen LogP contribution is -2.53. The Labute approximate surface area is 129 Å². The topological polar surface area (TPSA) is 55.1 Å². The largest absolute Gasteiger partial charge is 0.349 e. The zero-order valence-electron chi connectivity index (χ0n) is 11.7. The van der Waals surface area contributed by atoms with Crippen LogP contribution in [0.25, 0.3) is 0 Å². The summed E-state index contributed by atoms with van der Waals surface area (Å²) < 4.78 is 0. The molecule has 3 nitrogen and oxygen atoms in total. The summed E-state index contributed by atoms with van der Waals surface area (Å²) in [6.45, 7) is 2.56. The van der Waals surface area contributed by atoms with Crippen molar-refractivity contribution in [2.75, 3.05) is 12.3 Å². The molecule has 0 aliphatic heterocycles. The van der Waals surface area contributed by atoms with Gasteiger partial charge in [0.25, 0.3) is 0 Å². The lowest BCUT2D eigenvalue weighted by atomic mass is 9.96. The summed E-state index contributed by atoms with van der Waals surface area (Å²) in [4.78, 5) is 13.1. The van der Waals surface area contributed by atoms with Crippen LogP contribution in [0.2, 0.25) is 5.02 Å². The summed E-state index contributed by atoms with van der Waals surface area (Å²) in [5, 5.41) is 3.83. The molecule has 0 spiro atoms. The highest BCUT2D eigenvalue weighted by Gasteiger charge is 2.41. The molecular formula is C15H21ClN2OS. The Balaban J connectivity index is 1.73. The minimum absolute atomic E-state index is 0.0892. The Bertz CT molecular complexity index is 461. The van der Waals surface area contributed by atoms with E-state index in [-0.39, 0.29) is 11.4 Å². The molecule has 110 valence electrons. The average molecular weight is 313 g/mol. The van der Waals surface area contributed by atoms with Crippen LogP contribution in [-0.2, 0) is 4.79 Å². The molecule has 1 amide bonds. The third-order valence-electron chi connectivity index (χ3n) is 3.74. The Morgan fingerprint density at radius 1 is 1.45 bits per heavy atom. The first-order chi connectivity index (χ1) is 9.53. The monoisotopic (exact) mass is 312 g/mol. The van der Waals surface area contributed by atoms with E-state index in [1.54, 1.807) is 11.8 Å². The molecule has 3 N–H and O–H groups in total. The summed E-state index contributed by atoms with van der Waals surface area (Å²) in [6.07, 6.45) is 2.86. The van der Waals surface area contributed by atoms with E-state index in [1.807, 2.05) is 24.3 Å². The fraction of sp³-hybridized carbons (Fsp3) is 0.533. The average Bonchev–Trinajstić information content (AvgIpc) is 3.25. The van der Waals surface area contributed by atoms with Crippen molar-refractivity contribution < 1.29 is 4.79 Å². The predicted octanol–water partition coefficient (Wildman–Crippen LogP) is 3.07. The quantitative estimate of drug-likeness (QED) is 0.761. The maximum atomic E-state index is 12.0. The molecule has 0 aromatic heterocycles. The number of nitrogens with two attached hydrogens (primary N) is 1. The maximum absolute atomic E-state index is 12.0. The molecule has 1 unspecified atom stereocenters. The van der Waals surface area contributed by atoms with Gasteiger partial charge in [0.2, 0.25) is 5.91 Å². The van der Waals surface area contributed by atoms with Crippen LogP contribution in [-0.4, -0.2) is 23.7 Å². The highest BCUT2D eigenvalue weighted by molar-refractivity contribution is 7.99. The molecule has 0 saturated heterocycles. The molecule has 5 heteroatoms. The summed E-state index contributed by atoms with van der Waals surface area (Å²) in [5.74, 6) is 1.41. The number of carbonyl (C=O) groups excluding carboxylic acids is 1. The summed E-state index contributed by atoms with van der Waals surface area (Å²) >= 11 is 7.50. The lowest BCUT2D eigenvalue weighted by Gasteiger charge is -2.29. The predicted molar refractivity (Wildman–Crippen MR) is 85.1 cm³/mol. The summed E-state index contributed by atoms with van der Waals surface area (Å²) in [7, 11) is 0. The van der Waals surface area contributed by atoms with Crippen LogP contribution in [0, 0.1) is 5.92 Å². The highest BCUT2D eigenvalue weighted by atomic mass is 35.5. The number of halogens is 1. The number of thioether (sulfide) groups is 1. The highest BCUT2D eigenvalue weighted by Crippen LogP contribution is 2.39. The van der Waals surface area contributed by atoms with Crippen molar-refractivity contribution in [2.45, 2.75) is 36.6 Å². The van der Waals surface area contributed by atoms with Gasteiger partial charge in [0.05, 0.1) is 5.54 Å². The summed E-state index contributed by atoms with van der Waals surface area (Å²) in [5.41, 5.74) is 5.58. The van der Waals surface area contributed by atoms with E-state index < -0.39 is 0 Å². The van der Waals surface area contributed by atoms with Crippen LogP contribution in [0.1, 0.15) is 26.2 Å². The number of hydrogen-bond acceptors (Lipinski definition) is 3. The molecule has 0 bridgehead atoms. The Morgan fingerprint density at radius 3 is 2.65 bits per heavy atom. The fourth-order valence-electron chi connectivity index (χ4n) is 2.21. The molecule has 2 rings (SSSR count). The van der Waals surface area contributed by atoms with Gasteiger partial charge in [-0.1, -0.05) is 11.6 Å². The van der Waals surface area contributed by atoms with E-state index in [1.165, 1.54) is 12.8 Å². The lowest BCUT2D eigenvalue weighted by molar-refractivity contribution is -0.122. The van der Waals surface area contributed by atoms with E-state index in [2.05, 4.69) is 12.2 Å². The Morgan fingerprint density at radius 2 is 2.10 bits per heavy atom. The van der Waals surface area contributed by atoms with Gasteiger partial charge in [-0.25, -0.2) is 0 Å². The van der Waals surface area contributed by atoms with Crippen LogP contribution in [0.5, 0.6) is 0 Å². The molecule has 0 radical (unpaired) electrons. The first kappa shape index (κ1) is 15.7. The van der Waals surface area contributed by atoms with Crippen molar-refractivity contribution in [2.24, 2.45) is 11.7 Å². The third-order valence-corrected chi connectivity index (χ3v) is 5.00. The van der Waals surface area contributed by atoms with Gasteiger partial charge >= 0.3 is 0 Å². The van der Waals surface area contributed by atoms with Gasteiger partial charge in [-0.2, -0.15) is 0 Å². The van der Waals surface area contributed by atoms with Crippen molar-refractivity contribution in [3.63, 3.8) is 0 Å². The maximum Gasteiger partial charge on any atom is 0.221 e. The van der Waals surface area contributed by atoms with Crippen LogP contribution in [0.4, 0.5) is 0 Å². The zero-order chi connectivity index (χ0) is 14.6. The van der Waals surface area contributed by atoms with Crippen molar-refractivity contribution in [3.8, 4) is 0 Å². The molecule has 1 saturated carbocycles. The molecule has 1 fully saturated rings. The van der Waals surface area contributed by atoms with E-state index in [9.17, 15) is 4.79 Å². The molecule has 1 aromatic carbocycles. The normalized spacial score (nSPS) is 17.6. The fourth-order valence-corrected chi connectivity index (χ4v) is 3.19. The second-order valence-electron chi connectivity index (χ2n) is 5.50. The number of hydrogen-bond donors (Lipinski definition) is 2. The minimum Gasteiger partial charge on any atom is -0.349 e. The van der Waals surface area contributed by atoms with Crippen molar-refractivity contribution in [1.29, 1.82) is 0 Å². The number of amides is 1. The molecule has 0 heterocycles. The second-order valence-corrected chi connectivity index (χ2v) is 7.10. The van der Waals surface area contributed by atoms with Gasteiger partial charge in [-0.3, -0.25) is 4.79 Å². The van der Waals surface area contributed by atoms with Gasteiger partial charge in [0.1, 0.15) is 0 Å². The van der Waals surface area contributed by atoms with Crippen molar-refractivity contribution in [3.05, 3.63) is 29.3 Å². The van der Waals surface area contributed by atoms with Gasteiger partial charge in [-0.15, -0.1) is 11.8 Å². The Hall–Kier alpha value is -0.710. The van der Waals surface area contributed by atoms with Gasteiger partial charge in [0, 0.05) is 28.6 Å². The van der Waals surface area contributed by atoms with Gasteiger partial charge in [0.15, 0.2) is 0 Å². The van der Waals surface area contributed by atoms with Gasteiger partial charge < -0.3 is 11.1 Å². The molecule has 1 atom stereocenters. The van der Waals surface area contributed by atoms with Gasteiger partial charge in [-0.05, 0) is 49.9 Å². The standard InChI is InChI=1S/C15H21ClN2OS/c1-15(10-17,11-2-3-11)18-14(19)8-9-20-13-6-4-12(16)5-7-13/h4-7,11H,2-3,8-10,17H2,1H3,(H,18,19). The van der Waals surface area contributed by atoms with E-state index in [4.69, 9.17) is 17.3 Å². The number of nitrogens with one attached hydrogen (secondary N) is 1. The molecule has 1 aliphatic rings. The molecule has 1 aromatic rings. The van der Waals surface area contributed by atoms with E-state index in [0.29, 0.717) is 18.9 Å². The van der Waals surface area contributed by atoms with Crippen molar-refractivity contribution in [1.82, 2.24) is 5.32 Å². The molecular weight excluding hydrogens is 292 g/mol. The third kappa shape index (κ3) is 4.40. The first-order valence-corrected chi connectivity index (χ1v) is 8.29. The number of rotatable bonds is 7. The van der Waals surface area contributed by atoms with Crippen LogP contribution >= 0.6 is 23.4 Å². The SMILES string of the molecule is CC(CN)(NC(=O)CCSc1ccc(Cl)cc1)C1CC1. The van der Waals surface area contributed by atoms with Crippen LogP contribution in [0.3, 0.4) is 0 Å². The van der Waals surface area contributed by atoms with E-state index in [0.717, 1.165) is 15.7 Å². The smallest absolute Gasteiger partial charge is 0.221 e. The second kappa shape index (κ2) is 6.83. The zero-order valence-corrected chi connectivity index (χ0v) is 13.3.